The Morgan fingerprint density at radius 3 is 2.83 bits per heavy atom. The average Bonchev–Trinajstić information content (AvgIpc) is 3.18. The molecule has 1 amide bonds. The van der Waals surface area contributed by atoms with Crippen molar-refractivity contribution in [3.63, 3.8) is 0 Å². The molecule has 0 spiro atoms. The molecule has 1 aliphatic heterocycles. The van der Waals surface area contributed by atoms with E-state index in [-0.39, 0.29) is 17.9 Å². The highest BCUT2D eigenvalue weighted by atomic mass is 16.4. The van der Waals surface area contributed by atoms with Crippen LogP contribution in [0.1, 0.15) is 29.2 Å². The first-order chi connectivity index (χ1) is 11.1. The zero-order valence-electron chi connectivity index (χ0n) is 12.3. The minimum atomic E-state index is -1.00. The standard InChI is InChI=1S/C16H16N2O5/c19-14-5-1-2-8-17(14)10-11-6-7-13(23-11)15(20)18-9-3-4-12(18)16(21)22/h1-2,5-8,12H,3-4,9-10H2,(H,21,22)/t12-/m0/s1. The van der Waals surface area contributed by atoms with Crippen molar-refractivity contribution in [2.24, 2.45) is 0 Å². The maximum absolute atomic E-state index is 12.4. The van der Waals surface area contributed by atoms with Gasteiger partial charge >= 0.3 is 5.97 Å². The molecule has 1 aliphatic rings. The molecule has 7 heteroatoms. The molecular weight excluding hydrogens is 300 g/mol. The predicted molar refractivity (Wildman–Crippen MR) is 80.2 cm³/mol. The number of carboxylic acids is 1. The van der Waals surface area contributed by atoms with Gasteiger partial charge in [-0.2, -0.15) is 0 Å². The van der Waals surface area contributed by atoms with E-state index in [2.05, 4.69) is 0 Å². The van der Waals surface area contributed by atoms with E-state index in [0.29, 0.717) is 25.1 Å². The second-order valence-electron chi connectivity index (χ2n) is 5.43. The number of aliphatic carboxylic acids is 1. The minimum absolute atomic E-state index is 0.0946. The summed E-state index contributed by atoms with van der Waals surface area (Å²) in [6.07, 6.45) is 2.75. The first-order valence-corrected chi connectivity index (χ1v) is 7.34. The van der Waals surface area contributed by atoms with Crippen LogP contribution in [0, 0.1) is 0 Å². The average molecular weight is 316 g/mol. The van der Waals surface area contributed by atoms with Gasteiger partial charge in [-0.1, -0.05) is 6.07 Å². The first-order valence-electron chi connectivity index (χ1n) is 7.34. The summed E-state index contributed by atoms with van der Waals surface area (Å²) in [6.45, 7) is 0.624. The smallest absolute Gasteiger partial charge is 0.326 e. The van der Waals surface area contributed by atoms with Crippen LogP contribution in [0.15, 0.2) is 45.7 Å². The Bertz CT molecular complexity index is 792. The van der Waals surface area contributed by atoms with Crippen LogP contribution in [0.2, 0.25) is 0 Å². The molecule has 1 saturated heterocycles. The monoisotopic (exact) mass is 316 g/mol. The number of amides is 1. The van der Waals surface area contributed by atoms with Crippen LogP contribution < -0.4 is 5.56 Å². The summed E-state index contributed by atoms with van der Waals surface area (Å²) in [6, 6.07) is 7.17. The lowest BCUT2D eigenvalue weighted by atomic mass is 10.2. The molecule has 0 saturated carbocycles. The van der Waals surface area contributed by atoms with Crippen molar-refractivity contribution >= 4 is 11.9 Å². The number of likely N-dealkylation sites (tertiary alicyclic amines) is 1. The number of carboxylic acid groups (broad SMARTS) is 1. The van der Waals surface area contributed by atoms with Gasteiger partial charge < -0.3 is 19.0 Å². The molecule has 0 bridgehead atoms. The van der Waals surface area contributed by atoms with Crippen LogP contribution in [-0.4, -0.2) is 39.0 Å². The fraction of sp³-hybridized carbons (Fsp3) is 0.312. The number of carbonyl (C=O) groups is 2. The van der Waals surface area contributed by atoms with Crippen molar-refractivity contribution in [1.82, 2.24) is 9.47 Å². The first kappa shape index (κ1) is 15.1. The second-order valence-corrected chi connectivity index (χ2v) is 5.43. The second kappa shape index (κ2) is 6.12. The Balaban J connectivity index is 1.77. The third-order valence-electron chi connectivity index (χ3n) is 3.90. The number of furan rings is 1. The van der Waals surface area contributed by atoms with Gasteiger partial charge in [-0.3, -0.25) is 9.59 Å². The zero-order valence-corrected chi connectivity index (χ0v) is 12.3. The summed E-state index contributed by atoms with van der Waals surface area (Å²) < 4.78 is 6.96. The summed E-state index contributed by atoms with van der Waals surface area (Å²) in [5.74, 6) is -0.870. The lowest BCUT2D eigenvalue weighted by molar-refractivity contribution is -0.141. The molecule has 1 fully saturated rings. The molecule has 23 heavy (non-hydrogen) atoms. The number of nitrogens with zero attached hydrogens (tertiary/aromatic N) is 2. The molecule has 0 radical (unpaired) electrons. The Labute approximate surface area is 131 Å². The van der Waals surface area contributed by atoms with Gasteiger partial charge in [0.1, 0.15) is 11.8 Å². The summed E-state index contributed by atoms with van der Waals surface area (Å²) in [5, 5.41) is 9.15. The Morgan fingerprint density at radius 1 is 1.26 bits per heavy atom. The molecule has 0 aliphatic carbocycles. The number of hydrogen-bond donors (Lipinski definition) is 1. The maximum Gasteiger partial charge on any atom is 0.326 e. The van der Waals surface area contributed by atoms with Crippen LogP contribution in [0.25, 0.3) is 0 Å². The maximum atomic E-state index is 12.4. The Kier molecular flexibility index (Phi) is 4.01. The summed E-state index contributed by atoms with van der Waals surface area (Å²) in [4.78, 5) is 36.6. The number of pyridine rings is 1. The molecular formula is C16H16N2O5. The topological polar surface area (TPSA) is 92.8 Å². The Hall–Kier alpha value is -2.83. The number of hydrogen-bond acceptors (Lipinski definition) is 4. The van der Waals surface area contributed by atoms with Crippen LogP contribution in [0.3, 0.4) is 0 Å². The molecule has 3 rings (SSSR count). The van der Waals surface area contributed by atoms with Crippen molar-refractivity contribution in [1.29, 1.82) is 0 Å². The van der Waals surface area contributed by atoms with Crippen LogP contribution in [0.4, 0.5) is 0 Å². The van der Waals surface area contributed by atoms with Crippen molar-refractivity contribution in [3.05, 3.63) is 58.4 Å². The van der Waals surface area contributed by atoms with Gasteiger partial charge in [-0.25, -0.2) is 4.79 Å². The third-order valence-corrected chi connectivity index (χ3v) is 3.90. The quantitative estimate of drug-likeness (QED) is 0.914. The molecule has 3 heterocycles. The highest BCUT2D eigenvalue weighted by molar-refractivity contribution is 5.94. The van der Waals surface area contributed by atoms with E-state index >= 15 is 0 Å². The normalized spacial score (nSPS) is 17.4. The summed E-state index contributed by atoms with van der Waals surface area (Å²) in [7, 11) is 0. The van der Waals surface area contributed by atoms with Gasteiger partial charge in [0.05, 0.1) is 6.54 Å². The van der Waals surface area contributed by atoms with Crippen molar-refractivity contribution in [2.45, 2.75) is 25.4 Å². The van der Waals surface area contributed by atoms with Gasteiger partial charge in [-0.15, -0.1) is 0 Å². The Morgan fingerprint density at radius 2 is 2.09 bits per heavy atom. The molecule has 120 valence electrons. The molecule has 2 aromatic heterocycles. The largest absolute Gasteiger partial charge is 0.480 e. The lowest BCUT2D eigenvalue weighted by Gasteiger charge is -2.19. The number of aromatic nitrogens is 1. The van der Waals surface area contributed by atoms with Crippen molar-refractivity contribution in [3.8, 4) is 0 Å². The molecule has 0 aromatic carbocycles. The minimum Gasteiger partial charge on any atom is -0.480 e. The predicted octanol–water partition coefficient (Wildman–Crippen LogP) is 1.18. The molecule has 2 aromatic rings. The molecule has 7 nitrogen and oxygen atoms in total. The van der Waals surface area contributed by atoms with Crippen molar-refractivity contribution in [2.75, 3.05) is 6.54 Å². The van der Waals surface area contributed by atoms with Crippen LogP contribution >= 0.6 is 0 Å². The van der Waals surface area contributed by atoms with Gasteiger partial charge in [0.25, 0.3) is 11.5 Å². The lowest BCUT2D eigenvalue weighted by Crippen LogP contribution is -2.40. The van der Waals surface area contributed by atoms with E-state index in [1.165, 1.54) is 21.6 Å². The summed E-state index contributed by atoms with van der Waals surface area (Å²) in [5.41, 5.74) is -0.165. The third kappa shape index (κ3) is 3.03. The van der Waals surface area contributed by atoms with Gasteiger partial charge in [0.15, 0.2) is 5.76 Å². The molecule has 1 atom stereocenters. The number of rotatable bonds is 4. The van der Waals surface area contributed by atoms with Crippen molar-refractivity contribution < 1.29 is 19.1 Å². The zero-order chi connectivity index (χ0) is 16.4. The molecule has 1 N–H and O–H groups in total. The van der Waals surface area contributed by atoms with E-state index in [1.54, 1.807) is 24.4 Å². The van der Waals surface area contributed by atoms with E-state index in [9.17, 15) is 14.4 Å². The van der Waals surface area contributed by atoms with E-state index in [4.69, 9.17) is 9.52 Å². The highest BCUT2D eigenvalue weighted by Crippen LogP contribution is 2.21. The van der Waals surface area contributed by atoms with Crippen LogP contribution in [-0.2, 0) is 11.3 Å². The van der Waals surface area contributed by atoms with Gasteiger partial charge in [0, 0.05) is 18.8 Å². The van der Waals surface area contributed by atoms with Gasteiger partial charge in [0.2, 0.25) is 0 Å². The van der Waals surface area contributed by atoms with E-state index in [1.807, 2.05) is 0 Å². The fourth-order valence-corrected chi connectivity index (χ4v) is 2.75. The van der Waals surface area contributed by atoms with E-state index in [0.717, 1.165) is 0 Å². The van der Waals surface area contributed by atoms with E-state index < -0.39 is 17.9 Å². The molecule has 0 unspecified atom stereocenters. The van der Waals surface area contributed by atoms with Gasteiger partial charge in [-0.05, 0) is 31.0 Å². The summed E-state index contributed by atoms with van der Waals surface area (Å²) >= 11 is 0. The SMILES string of the molecule is O=C(O)[C@@H]1CCCN1C(=O)c1ccc(Cn2ccccc2=O)o1. The number of carbonyl (C=O) groups excluding carboxylic acids is 1. The van der Waals surface area contributed by atoms with Crippen LogP contribution in [0.5, 0.6) is 0 Å². The fourth-order valence-electron chi connectivity index (χ4n) is 2.75. The highest BCUT2D eigenvalue weighted by Gasteiger charge is 2.35.